The molecule has 0 bridgehead atoms. The average Bonchev–Trinajstić information content (AvgIpc) is 3.68. The number of aliphatic carboxylic acids is 1. The number of carbonyl (C=O) groups is 5. The molecule has 1 aromatic heterocycles. The summed E-state index contributed by atoms with van der Waals surface area (Å²) in [6.07, 6.45) is 7.68. The Labute approximate surface area is 343 Å². The van der Waals surface area contributed by atoms with E-state index in [9.17, 15) is 29.1 Å². The van der Waals surface area contributed by atoms with Crippen LogP contribution in [0, 0.1) is 17.8 Å². The van der Waals surface area contributed by atoms with E-state index in [1.165, 1.54) is 18.3 Å². The fourth-order valence-electron chi connectivity index (χ4n) is 7.60. The summed E-state index contributed by atoms with van der Waals surface area (Å²) >= 11 is 1.19. The van der Waals surface area contributed by atoms with Gasteiger partial charge < -0.3 is 31.1 Å². The number of hydrogen-bond acceptors (Lipinski definition) is 10. The number of aromatic nitrogens is 1. The summed E-state index contributed by atoms with van der Waals surface area (Å²) in [4.78, 5) is 74.6. The first-order chi connectivity index (χ1) is 27.2. The molecule has 7 atom stereocenters. The maximum Gasteiger partial charge on any atom is 0.306 e. The number of nitrogens with zero attached hydrogens (tertiary/aromatic N) is 3. The van der Waals surface area contributed by atoms with E-state index in [0.717, 1.165) is 63.6 Å². The maximum absolute atomic E-state index is 14.4. The smallest absolute Gasteiger partial charge is 0.306 e. The molecule has 3 rings (SSSR count). The molecule has 5 N–H and O–H groups in total. The van der Waals surface area contributed by atoms with Gasteiger partial charge in [-0.2, -0.15) is 0 Å². The number of carboxylic acid groups (broad SMARTS) is 1. The number of benzene rings is 1. The molecule has 0 radical (unpaired) electrons. The maximum atomic E-state index is 14.4. The minimum absolute atomic E-state index is 0.0592. The first-order valence-electron chi connectivity index (χ1n) is 20.9. The highest BCUT2D eigenvalue weighted by Crippen LogP contribution is 2.31. The van der Waals surface area contributed by atoms with Gasteiger partial charge in [-0.15, -0.1) is 11.3 Å². The van der Waals surface area contributed by atoms with Gasteiger partial charge in [0.1, 0.15) is 16.7 Å². The highest BCUT2D eigenvalue weighted by atomic mass is 32.1. The number of piperidine rings is 1. The van der Waals surface area contributed by atoms with E-state index < -0.39 is 48.0 Å². The molecule has 14 heteroatoms. The van der Waals surface area contributed by atoms with E-state index in [4.69, 9.17) is 10.5 Å². The molecular weight excluding hydrogens is 745 g/mol. The summed E-state index contributed by atoms with van der Waals surface area (Å²) < 4.78 is 5.81. The van der Waals surface area contributed by atoms with Crippen LogP contribution in [0.2, 0.25) is 0 Å². The number of likely N-dealkylation sites (N-methyl/N-ethyl adjacent to an activating group) is 1. The van der Waals surface area contributed by atoms with Crippen molar-refractivity contribution in [2.75, 3.05) is 26.7 Å². The Morgan fingerprint density at radius 1 is 1.02 bits per heavy atom. The molecule has 318 valence electrons. The van der Waals surface area contributed by atoms with E-state index in [1.54, 1.807) is 24.3 Å². The first-order valence-corrected chi connectivity index (χ1v) is 21.8. The van der Waals surface area contributed by atoms with Crippen molar-refractivity contribution >= 4 is 41.0 Å². The Balaban J connectivity index is 1.78. The van der Waals surface area contributed by atoms with Crippen LogP contribution in [0.15, 0.2) is 35.7 Å². The largest absolute Gasteiger partial charge is 0.481 e. The molecule has 1 unspecified atom stereocenters. The normalized spacial score (nSPS) is 17.8. The molecule has 13 nitrogen and oxygen atoms in total. The molecular formula is C43H68N6O7S. The third kappa shape index (κ3) is 15.1. The fraction of sp³-hybridized carbons (Fsp3) is 0.674. The van der Waals surface area contributed by atoms with Gasteiger partial charge >= 0.3 is 11.9 Å². The molecule has 0 spiro atoms. The first kappa shape index (κ1) is 47.5. The Morgan fingerprint density at radius 2 is 1.72 bits per heavy atom. The number of esters is 1. The van der Waals surface area contributed by atoms with Gasteiger partial charge in [-0.1, -0.05) is 90.6 Å². The molecule has 0 aliphatic carbocycles. The SMILES string of the molecule is CC[C@H](C)[C@H](NC(=O)C1CCCCN1CCCCCCN)C(=O)N(C)[C@H](C[C@@H](OC(C)=O)c1nc(C(=O)N[C@@H](Cc2ccccc2)C[C@H](C)C(=O)O)cs1)C(C)C. The molecule has 1 aliphatic heterocycles. The summed E-state index contributed by atoms with van der Waals surface area (Å²) in [7, 11) is 1.74. The van der Waals surface area contributed by atoms with Crippen LogP contribution in [0.1, 0.15) is 133 Å². The molecule has 57 heavy (non-hydrogen) atoms. The van der Waals surface area contributed by atoms with E-state index >= 15 is 0 Å². The zero-order valence-electron chi connectivity index (χ0n) is 35.2. The molecule has 3 amide bonds. The number of carboxylic acids is 1. The number of likely N-dealkylation sites (tertiary alicyclic amines) is 1. The van der Waals surface area contributed by atoms with Gasteiger partial charge in [0.05, 0.1) is 12.0 Å². The summed E-state index contributed by atoms with van der Waals surface area (Å²) in [5, 5.41) is 17.7. The number of carbonyl (C=O) groups excluding carboxylic acids is 4. The number of thiazole rings is 1. The zero-order chi connectivity index (χ0) is 42.1. The lowest BCUT2D eigenvalue weighted by atomic mass is 9.92. The second-order valence-electron chi connectivity index (χ2n) is 16.1. The molecule has 1 aliphatic rings. The number of amides is 3. The molecule has 1 aromatic carbocycles. The number of ether oxygens (including phenoxy) is 1. The minimum atomic E-state index is -0.945. The van der Waals surface area contributed by atoms with Crippen LogP contribution >= 0.6 is 11.3 Å². The lowest BCUT2D eigenvalue weighted by Gasteiger charge is -2.39. The van der Waals surface area contributed by atoms with E-state index in [1.807, 2.05) is 58.0 Å². The lowest BCUT2D eigenvalue weighted by Crippen LogP contribution is -2.58. The predicted molar refractivity (Wildman–Crippen MR) is 224 cm³/mol. The van der Waals surface area contributed by atoms with Crippen molar-refractivity contribution < 1.29 is 33.8 Å². The quantitative estimate of drug-likeness (QED) is 0.0727. The van der Waals surface area contributed by atoms with Gasteiger partial charge in [0.2, 0.25) is 11.8 Å². The summed E-state index contributed by atoms with van der Waals surface area (Å²) in [6, 6.07) is 7.66. The predicted octanol–water partition coefficient (Wildman–Crippen LogP) is 5.98. The Morgan fingerprint density at radius 3 is 2.35 bits per heavy atom. The Bertz CT molecular complexity index is 1570. The van der Waals surface area contributed by atoms with Gasteiger partial charge in [0.15, 0.2) is 6.10 Å². The molecule has 0 saturated carbocycles. The second-order valence-corrected chi connectivity index (χ2v) is 17.0. The van der Waals surface area contributed by atoms with Crippen LogP contribution in [0.25, 0.3) is 0 Å². The topological polar surface area (TPSA) is 184 Å². The van der Waals surface area contributed by atoms with E-state index in [2.05, 4.69) is 20.5 Å². The summed E-state index contributed by atoms with van der Waals surface area (Å²) in [6.45, 7) is 13.3. The van der Waals surface area contributed by atoms with Crippen molar-refractivity contribution in [2.24, 2.45) is 23.5 Å². The number of nitrogens with two attached hydrogens (primary N) is 1. The molecule has 2 heterocycles. The zero-order valence-corrected chi connectivity index (χ0v) is 36.0. The molecule has 1 saturated heterocycles. The standard InChI is InChI=1S/C43H68N6O7S/c1-8-29(4)38(47-40(52)35-20-14-17-23-49(35)22-16-10-9-15-21-44)42(53)48(7)36(28(2)3)26-37(56-31(6)50)41-46-34(27-57-41)39(51)45-33(24-30(5)43(54)55)25-32-18-12-11-13-19-32/h11-13,18-19,27-30,33,35-38H,8-10,14-17,20-26,44H2,1-7H3,(H,45,51)(H,47,52)(H,54,55)/t29-,30-,33+,35?,36+,37+,38-/m0/s1. The van der Waals surface area contributed by atoms with Crippen LogP contribution < -0.4 is 16.4 Å². The van der Waals surface area contributed by atoms with Crippen molar-refractivity contribution in [2.45, 2.75) is 142 Å². The van der Waals surface area contributed by atoms with Crippen LogP contribution in [0.4, 0.5) is 0 Å². The van der Waals surface area contributed by atoms with Crippen LogP contribution in [0.3, 0.4) is 0 Å². The number of hydrogen-bond donors (Lipinski definition) is 4. The van der Waals surface area contributed by atoms with Crippen molar-refractivity contribution in [1.29, 1.82) is 0 Å². The molecule has 2 aromatic rings. The highest BCUT2D eigenvalue weighted by Gasteiger charge is 2.38. The van der Waals surface area contributed by atoms with Gasteiger partial charge in [-0.3, -0.25) is 28.9 Å². The van der Waals surface area contributed by atoms with E-state index in [-0.39, 0.29) is 48.2 Å². The Hall–Kier alpha value is -3.88. The van der Waals surface area contributed by atoms with Gasteiger partial charge in [0.25, 0.3) is 5.91 Å². The lowest BCUT2D eigenvalue weighted by molar-refractivity contribution is -0.149. The number of nitrogens with one attached hydrogen (secondary N) is 2. The molecule has 1 fully saturated rings. The van der Waals surface area contributed by atoms with Crippen LogP contribution in [0.5, 0.6) is 0 Å². The van der Waals surface area contributed by atoms with Crippen molar-refractivity contribution in [3.05, 3.63) is 52.0 Å². The van der Waals surface area contributed by atoms with Crippen LogP contribution in [-0.2, 0) is 30.3 Å². The van der Waals surface area contributed by atoms with Gasteiger partial charge in [0, 0.05) is 37.9 Å². The van der Waals surface area contributed by atoms with Crippen molar-refractivity contribution in [1.82, 2.24) is 25.4 Å². The average molecular weight is 813 g/mol. The monoisotopic (exact) mass is 812 g/mol. The third-order valence-electron chi connectivity index (χ3n) is 11.2. The number of rotatable bonds is 24. The number of unbranched alkanes of at least 4 members (excludes halogenated alkanes) is 3. The highest BCUT2D eigenvalue weighted by molar-refractivity contribution is 7.09. The van der Waals surface area contributed by atoms with Crippen molar-refractivity contribution in [3.63, 3.8) is 0 Å². The summed E-state index contributed by atoms with van der Waals surface area (Å²) in [5.41, 5.74) is 6.76. The van der Waals surface area contributed by atoms with Gasteiger partial charge in [-0.25, -0.2) is 4.98 Å². The fourth-order valence-corrected chi connectivity index (χ4v) is 8.44. The van der Waals surface area contributed by atoms with Crippen molar-refractivity contribution in [3.8, 4) is 0 Å². The van der Waals surface area contributed by atoms with Crippen LogP contribution in [-0.4, -0.2) is 100 Å². The second kappa shape index (κ2) is 24.1. The Kier molecular flexibility index (Phi) is 20.1. The third-order valence-corrected chi connectivity index (χ3v) is 12.2. The minimum Gasteiger partial charge on any atom is -0.481 e. The summed E-state index contributed by atoms with van der Waals surface area (Å²) in [5.74, 6) is -3.11. The van der Waals surface area contributed by atoms with Gasteiger partial charge in [-0.05, 0) is 75.6 Å². The van der Waals surface area contributed by atoms with E-state index in [0.29, 0.717) is 24.4 Å².